The average molecular weight is 239 g/mol. The van der Waals surface area contributed by atoms with E-state index in [0.29, 0.717) is 5.56 Å². The van der Waals surface area contributed by atoms with Gasteiger partial charge in [-0.3, -0.25) is 4.79 Å². The van der Waals surface area contributed by atoms with Crippen molar-refractivity contribution < 1.29 is 4.79 Å². The smallest absolute Gasteiger partial charge is 0.254 e. The Labute approximate surface area is 99.8 Å². The molecule has 1 aromatic rings. The highest BCUT2D eigenvalue weighted by atomic mass is 32.1. The summed E-state index contributed by atoms with van der Waals surface area (Å²) in [5.74, 6) is 0.00504. The van der Waals surface area contributed by atoms with E-state index in [9.17, 15) is 4.79 Å². The molecule has 1 aliphatic rings. The van der Waals surface area contributed by atoms with Crippen LogP contribution in [0.2, 0.25) is 0 Å². The molecule has 1 saturated heterocycles. The molecule has 2 rings (SSSR count). The first-order valence-corrected chi connectivity index (χ1v) is 6.52. The second-order valence-electron chi connectivity index (χ2n) is 4.12. The van der Waals surface area contributed by atoms with Crippen molar-refractivity contribution in [2.75, 3.05) is 26.2 Å². The second kappa shape index (κ2) is 5.41. The first-order valence-electron chi connectivity index (χ1n) is 5.69. The fourth-order valence-electron chi connectivity index (χ4n) is 1.94. The Morgan fingerprint density at radius 3 is 2.94 bits per heavy atom. The summed E-state index contributed by atoms with van der Waals surface area (Å²) in [6.07, 6.45) is 2.59. The van der Waals surface area contributed by atoms with Gasteiger partial charge in [-0.2, -0.15) is 4.37 Å². The summed E-state index contributed by atoms with van der Waals surface area (Å²) in [5, 5.41) is 4.74. The number of rotatable bonds is 4. The van der Waals surface area contributed by atoms with Crippen molar-refractivity contribution in [1.29, 1.82) is 0 Å². The van der Waals surface area contributed by atoms with Crippen LogP contribution in [-0.2, 0) is 0 Å². The molecule has 0 unspecified atom stereocenters. The van der Waals surface area contributed by atoms with Gasteiger partial charge >= 0.3 is 0 Å². The SMILES string of the molecule is Cc1nscc1C(=O)NCCN1CCCC1. The van der Waals surface area contributed by atoms with E-state index in [2.05, 4.69) is 14.6 Å². The van der Waals surface area contributed by atoms with Gasteiger partial charge in [0, 0.05) is 18.5 Å². The molecule has 1 N–H and O–H groups in total. The quantitative estimate of drug-likeness (QED) is 0.861. The summed E-state index contributed by atoms with van der Waals surface area (Å²) >= 11 is 1.33. The minimum Gasteiger partial charge on any atom is -0.351 e. The van der Waals surface area contributed by atoms with E-state index >= 15 is 0 Å². The number of nitrogens with zero attached hydrogens (tertiary/aromatic N) is 2. The summed E-state index contributed by atoms with van der Waals surface area (Å²) in [4.78, 5) is 14.1. The molecule has 88 valence electrons. The molecule has 1 aromatic heterocycles. The van der Waals surface area contributed by atoms with Crippen molar-refractivity contribution in [3.05, 3.63) is 16.6 Å². The number of likely N-dealkylation sites (tertiary alicyclic amines) is 1. The topological polar surface area (TPSA) is 45.2 Å². The highest BCUT2D eigenvalue weighted by Crippen LogP contribution is 2.09. The molecule has 0 atom stereocenters. The third kappa shape index (κ3) is 2.80. The lowest BCUT2D eigenvalue weighted by molar-refractivity contribution is 0.0949. The zero-order valence-corrected chi connectivity index (χ0v) is 10.3. The third-order valence-corrected chi connectivity index (χ3v) is 3.63. The first kappa shape index (κ1) is 11.5. The van der Waals surface area contributed by atoms with Gasteiger partial charge in [0.25, 0.3) is 5.91 Å². The van der Waals surface area contributed by atoms with Gasteiger partial charge in [-0.15, -0.1) is 0 Å². The number of aromatic nitrogens is 1. The Hall–Kier alpha value is -0.940. The molecule has 1 fully saturated rings. The van der Waals surface area contributed by atoms with Gasteiger partial charge < -0.3 is 10.2 Å². The Bertz CT molecular complexity index is 358. The lowest BCUT2D eigenvalue weighted by atomic mass is 10.2. The van der Waals surface area contributed by atoms with Crippen molar-refractivity contribution in [2.45, 2.75) is 19.8 Å². The van der Waals surface area contributed by atoms with Crippen LogP contribution in [0.25, 0.3) is 0 Å². The van der Waals surface area contributed by atoms with E-state index in [1.807, 2.05) is 6.92 Å². The van der Waals surface area contributed by atoms with Crippen molar-refractivity contribution in [3.63, 3.8) is 0 Å². The molecule has 16 heavy (non-hydrogen) atoms. The van der Waals surface area contributed by atoms with Gasteiger partial charge in [0.15, 0.2) is 0 Å². The van der Waals surface area contributed by atoms with Crippen molar-refractivity contribution in [2.24, 2.45) is 0 Å². The predicted molar refractivity (Wildman–Crippen MR) is 64.9 cm³/mol. The van der Waals surface area contributed by atoms with Crippen LogP contribution in [0.1, 0.15) is 28.9 Å². The van der Waals surface area contributed by atoms with Crippen molar-refractivity contribution in [3.8, 4) is 0 Å². The molecule has 1 amide bonds. The van der Waals surface area contributed by atoms with Gasteiger partial charge in [0.05, 0.1) is 11.3 Å². The van der Waals surface area contributed by atoms with Crippen LogP contribution in [0.4, 0.5) is 0 Å². The van der Waals surface area contributed by atoms with Crippen LogP contribution in [0.3, 0.4) is 0 Å². The van der Waals surface area contributed by atoms with Crippen LogP contribution in [0.15, 0.2) is 5.38 Å². The molecule has 0 aromatic carbocycles. The van der Waals surface area contributed by atoms with Crippen LogP contribution in [0.5, 0.6) is 0 Å². The summed E-state index contributed by atoms with van der Waals surface area (Å²) in [6, 6.07) is 0. The molecule has 5 heteroatoms. The van der Waals surface area contributed by atoms with E-state index in [1.54, 1.807) is 5.38 Å². The van der Waals surface area contributed by atoms with Crippen LogP contribution >= 0.6 is 11.5 Å². The minimum atomic E-state index is 0.00504. The van der Waals surface area contributed by atoms with E-state index in [-0.39, 0.29) is 5.91 Å². The molecule has 2 heterocycles. The summed E-state index contributed by atoms with van der Waals surface area (Å²) in [6.45, 7) is 5.91. The summed E-state index contributed by atoms with van der Waals surface area (Å²) < 4.78 is 4.09. The van der Waals surface area contributed by atoms with E-state index in [0.717, 1.165) is 18.8 Å². The third-order valence-electron chi connectivity index (χ3n) is 2.91. The molecule has 4 nitrogen and oxygen atoms in total. The molecular weight excluding hydrogens is 222 g/mol. The lowest BCUT2D eigenvalue weighted by Gasteiger charge is -2.14. The number of nitrogens with one attached hydrogen (secondary N) is 1. The van der Waals surface area contributed by atoms with E-state index < -0.39 is 0 Å². The largest absolute Gasteiger partial charge is 0.351 e. The number of aryl methyl sites for hydroxylation is 1. The highest BCUT2D eigenvalue weighted by molar-refractivity contribution is 7.03. The fourth-order valence-corrected chi connectivity index (χ4v) is 2.63. The van der Waals surface area contributed by atoms with Gasteiger partial charge in [0.1, 0.15) is 0 Å². The predicted octanol–water partition coefficient (Wildman–Crippen LogP) is 1.28. The minimum absolute atomic E-state index is 0.00504. The second-order valence-corrected chi connectivity index (χ2v) is 4.75. The zero-order chi connectivity index (χ0) is 11.4. The monoisotopic (exact) mass is 239 g/mol. The van der Waals surface area contributed by atoms with Gasteiger partial charge in [0.2, 0.25) is 0 Å². The van der Waals surface area contributed by atoms with Crippen LogP contribution in [0, 0.1) is 6.92 Å². The number of amides is 1. The molecule has 0 radical (unpaired) electrons. The number of hydrogen-bond donors (Lipinski definition) is 1. The maximum absolute atomic E-state index is 11.7. The Balaban J connectivity index is 1.73. The number of carbonyl (C=O) groups is 1. The standard InChI is InChI=1S/C11H17N3OS/c1-9-10(8-16-13-9)11(15)12-4-7-14-5-2-3-6-14/h8H,2-7H2,1H3,(H,12,15). The normalized spacial score (nSPS) is 16.6. The molecule has 0 bridgehead atoms. The maximum Gasteiger partial charge on any atom is 0.254 e. The summed E-state index contributed by atoms with van der Waals surface area (Å²) in [5.41, 5.74) is 1.54. The fraction of sp³-hybridized carbons (Fsp3) is 0.636. The molecule has 0 saturated carbocycles. The van der Waals surface area contributed by atoms with E-state index in [4.69, 9.17) is 0 Å². The first-order chi connectivity index (χ1) is 7.77. The Kier molecular flexibility index (Phi) is 3.90. The van der Waals surface area contributed by atoms with Gasteiger partial charge in [-0.1, -0.05) is 0 Å². The van der Waals surface area contributed by atoms with Crippen LogP contribution in [-0.4, -0.2) is 41.4 Å². The molecule has 0 aliphatic carbocycles. The van der Waals surface area contributed by atoms with Crippen molar-refractivity contribution in [1.82, 2.24) is 14.6 Å². The lowest BCUT2D eigenvalue weighted by Crippen LogP contribution is -2.33. The highest BCUT2D eigenvalue weighted by Gasteiger charge is 2.13. The number of carbonyl (C=O) groups excluding carboxylic acids is 1. The zero-order valence-electron chi connectivity index (χ0n) is 9.53. The Morgan fingerprint density at radius 2 is 2.31 bits per heavy atom. The van der Waals surface area contributed by atoms with E-state index in [1.165, 1.54) is 37.5 Å². The van der Waals surface area contributed by atoms with Crippen LogP contribution < -0.4 is 5.32 Å². The molecule has 1 aliphatic heterocycles. The average Bonchev–Trinajstić information content (AvgIpc) is 2.88. The molecular formula is C11H17N3OS. The Morgan fingerprint density at radius 1 is 1.56 bits per heavy atom. The van der Waals surface area contributed by atoms with Gasteiger partial charge in [-0.25, -0.2) is 0 Å². The van der Waals surface area contributed by atoms with Gasteiger partial charge in [-0.05, 0) is 44.4 Å². The van der Waals surface area contributed by atoms with Crippen molar-refractivity contribution >= 4 is 17.4 Å². The number of hydrogen-bond acceptors (Lipinski definition) is 4. The molecule has 0 spiro atoms. The maximum atomic E-state index is 11.7. The summed E-state index contributed by atoms with van der Waals surface area (Å²) in [7, 11) is 0.